The van der Waals surface area contributed by atoms with Crippen molar-refractivity contribution in [1.82, 2.24) is 4.90 Å². The molecule has 1 heterocycles. The molecule has 1 fully saturated rings. The lowest BCUT2D eigenvalue weighted by atomic mass is 10.2. The lowest BCUT2D eigenvalue weighted by Gasteiger charge is -2.23. The summed E-state index contributed by atoms with van der Waals surface area (Å²) in [4.78, 5) is 31.9. The lowest BCUT2D eigenvalue weighted by Crippen LogP contribution is -2.39. The molecule has 0 radical (unpaired) electrons. The molecular weight excluding hydrogens is 370 g/mol. The maximum absolute atomic E-state index is 13.0. The van der Waals surface area contributed by atoms with Gasteiger partial charge in [0.25, 0.3) is 0 Å². The topological polar surface area (TPSA) is 61.8 Å². The highest BCUT2D eigenvalue weighted by Crippen LogP contribution is 2.33. The fourth-order valence-corrected chi connectivity index (χ4v) is 4.16. The lowest BCUT2D eigenvalue weighted by molar-refractivity contribution is -0.129. The number of carbonyl (C=O) groups is 2. The first-order valence-corrected chi connectivity index (χ1v) is 10.4. The summed E-state index contributed by atoms with van der Waals surface area (Å²) in [6, 6.07) is 17.2. The molecule has 1 aliphatic heterocycles. The number of thioether (sulfide) groups is 1. The van der Waals surface area contributed by atoms with E-state index in [0.29, 0.717) is 5.17 Å². The van der Waals surface area contributed by atoms with Crippen LogP contribution in [0.5, 0.6) is 0 Å². The molecule has 2 atom stereocenters. The van der Waals surface area contributed by atoms with Crippen LogP contribution in [0, 0.1) is 6.92 Å². The van der Waals surface area contributed by atoms with Crippen molar-refractivity contribution in [3.05, 3.63) is 60.2 Å². The van der Waals surface area contributed by atoms with E-state index in [1.54, 1.807) is 4.90 Å². The van der Waals surface area contributed by atoms with E-state index in [4.69, 9.17) is 0 Å². The van der Waals surface area contributed by atoms with Crippen LogP contribution < -0.4 is 5.32 Å². The number of anilines is 1. The second-order valence-electron chi connectivity index (χ2n) is 6.92. The number of nitrogens with one attached hydrogen (secondary N) is 1. The first kappa shape index (κ1) is 20.1. The summed E-state index contributed by atoms with van der Waals surface area (Å²) in [6.07, 6.45) is 0.945. The molecule has 2 aromatic rings. The van der Waals surface area contributed by atoms with E-state index >= 15 is 0 Å². The second-order valence-corrected chi connectivity index (χ2v) is 8.09. The van der Waals surface area contributed by atoms with Crippen molar-refractivity contribution in [2.24, 2.45) is 4.99 Å². The number of aliphatic imine (C=N–C) groups is 1. The van der Waals surface area contributed by atoms with Crippen LogP contribution in [0.4, 0.5) is 11.4 Å². The average molecular weight is 396 g/mol. The smallest absolute Gasteiger partial charge is 0.242 e. The maximum atomic E-state index is 13.0. The maximum Gasteiger partial charge on any atom is 0.242 e. The number of hydrogen-bond donors (Lipinski definition) is 1. The Labute approximate surface area is 170 Å². The third-order valence-corrected chi connectivity index (χ3v) is 5.84. The normalized spacial score (nSPS) is 19.1. The first-order chi connectivity index (χ1) is 13.5. The summed E-state index contributed by atoms with van der Waals surface area (Å²) in [5.74, 6) is -0.215. The van der Waals surface area contributed by atoms with E-state index in [1.165, 1.54) is 11.8 Å². The molecule has 2 aromatic carbocycles. The van der Waals surface area contributed by atoms with Gasteiger partial charge in [0.15, 0.2) is 5.17 Å². The van der Waals surface area contributed by atoms with E-state index in [-0.39, 0.29) is 24.3 Å². The van der Waals surface area contributed by atoms with Crippen molar-refractivity contribution >= 4 is 40.1 Å². The third-order valence-electron chi connectivity index (χ3n) is 4.69. The number of amidine groups is 1. The quantitative estimate of drug-likeness (QED) is 0.767. The minimum absolute atomic E-state index is 0.0348. The Morgan fingerprint density at radius 1 is 1.18 bits per heavy atom. The van der Waals surface area contributed by atoms with Gasteiger partial charge in [-0.3, -0.25) is 14.5 Å². The van der Waals surface area contributed by atoms with Crippen LogP contribution in [0.2, 0.25) is 0 Å². The number of amides is 2. The Hall–Kier alpha value is -2.60. The molecule has 0 spiro atoms. The number of aryl methyl sites for hydroxylation is 1. The monoisotopic (exact) mass is 395 g/mol. The average Bonchev–Trinajstić information content (AvgIpc) is 2.98. The molecule has 6 heteroatoms. The summed E-state index contributed by atoms with van der Waals surface area (Å²) < 4.78 is 0. The Morgan fingerprint density at radius 3 is 2.50 bits per heavy atom. The van der Waals surface area contributed by atoms with Crippen LogP contribution in [-0.4, -0.2) is 33.2 Å². The Balaban J connectivity index is 1.74. The zero-order chi connectivity index (χ0) is 20.1. The number of carbonyl (C=O) groups excluding carboxylic acids is 2. The molecular formula is C22H25N3O2S. The van der Waals surface area contributed by atoms with Gasteiger partial charge in [-0.2, -0.15) is 0 Å². The number of hydrogen-bond acceptors (Lipinski definition) is 4. The largest absolute Gasteiger partial charge is 0.326 e. The highest BCUT2D eigenvalue weighted by molar-refractivity contribution is 8.15. The molecule has 0 aromatic heterocycles. The van der Waals surface area contributed by atoms with Crippen LogP contribution >= 0.6 is 11.8 Å². The number of nitrogens with zero attached hydrogens (tertiary/aromatic N) is 2. The van der Waals surface area contributed by atoms with E-state index in [2.05, 4.69) is 10.3 Å². The van der Waals surface area contributed by atoms with E-state index in [0.717, 1.165) is 23.4 Å². The molecule has 1 N–H and O–H groups in total. The molecule has 0 aliphatic carbocycles. The Morgan fingerprint density at radius 2 is 1.86 bits per heavy atom. The van der Waals surface area contributed by atoms with Crippen LogP contribution in [0.1, 0.15) is 32.3 Å². The highest BCUT2D eigenvalue weighted by Gasteiger charge is 2.41. The number of benzene rings is 2. The SMILES string of the molecule is CC[C@H](C)N1C(=O)[C@H](CC(=O)Nc2ccc(C)cc2)SC1=Nc1ccccc1. The van der Waals surface area contributed by atoms with Gasteiger partial charge in [-0.05, 0) is 44.5 Å². The molecule has 28 heavy (non-hydrogen) atoms. The van der Waals surface area contributed by atoms with E-state index in [1.807, 2.05) is 75.4 Å². The van der Waals surface area contributed by atoms with Gasteiger partial charge in [0.2, 0.25) is 11.8 Å². The fraction of sp³-hybridized carbons (Fsp3) is 0.318. The first-order valence-electron chi connectivity index (χ1n) is 9.48. The molecule has 146 valence electrons. The molecule has 1 saturated heterocycles. The van der Waals surface area contributed by atoms with Gasteiger partial charge in [0.1, 0.15) is 5.25 Å². The van der Waals surface area contributed by atoms with Crippen molar-refractivity contribution in [3.8, 4) is 0 Å². The molecule has 5 nitrogen and oxygen atoms in total. The van der Waals surface area contributed by atoms with Gasteiger partial charge >= 0.3 is 0 Å². The molecule has 3 rings (SSSR count). The van der Waals surface area contributed by atoms with Crippen molar-refractivity contribution in [3.63, 3.8) is 0 Å². The van der Waals surface area contributed by atoms with Crippen LogP contribution in [0.15, 0.2) is 59.6 Å². The molecule has 2 amide bonds. The number of para-hydroxylation sites is 1. The van der Waals surface area contributed by atoms with E-state index in [9.17, 15) is 9.59 Å². The molecule has 0 unspecified atom stereocenters. The third kappa shape index (κ3) is 4.81. The molecule has 0 saturated carbocycles. The molecule has 0 bridgehead atoms. The van der Waals surface area contributed by atoms with Gasteiger partial charge < -0.3 is 5.32 Å². The zero-order valence-electron chi connectivity index (χ0n) is 16.4. The van der Waals surface area contributed by atoms with Gasteiger partial charge in [-0.15, -0.1) is 0 Å². The standard InChI is InChI=1S/C22H25N3O2S/c1-4-16(3)25-21(27)19(28-22(25)24-17-8-6-5-7-9-17)14-20(26)23-18-12-10-15(2)11-13-18/h5-13,16,19H,4,14H2,1-3H3,(H,23,26)/t16-,19-/m0/s1. The highest BCUT2D eigenvalue weighted by atomic mass is 32.2. The second kappa shape index (κ2) is 9.06. The van der Waals surface area contributed by atoms with Gasteiger partial charge in [0.05, 0.1) is 5.69 Å². The van der Waals surface area contributed by atoms with Gasteiger partial charge in [-0.25, -0.2) is 4.99 Å². The minimum Gasteiger partial charge on any atom is -0.326 e. The Kier molecular flexibility index (Phi) is 6.52. The van der Waals surface area contributed by atoms with Crippen LogP contribution in [-0.2, 0) is 9.59 Å². The van der Waals surface area contributed by atoms with Crippen LogP contribution in [0.25, 0.3) is 0 Å². The zero-order valence-corrected chi connectivity index (χ0v) is 17.2. The van der Waals surface area contributed by atoms with Crippen molar-refractivity contribution in [2.75, 3.05) is 5.32 Å². The van der Waals surface area contributed by atoms with Gasteiger partial charge in [-0.1, -0.05) is 54.6 Å². The van der Waals surface area contributed by atoms with Crippen molar-refractivity contribution in [1.29, 1.82) is 0 Å². The summed E-state index contributed by atoms with van der Waals surface area (Å²) in [6.45, 7) is 6.05. The minimum atomic E-state index is -0.457. The predicted octanol–water partition coefficient (Wildman–Crippen LogP) is 4.75. The summed E-state index contributed by atoms with van der Waals surface area (Å²) in [5, 5.41) is 3.09. The van der Waals surface area contributed by atoms with Gasteiger partial charge in [0, 0.05) is 18.2 Å². The molecule has 1 aliphatic rings. The van der Waals surface area contributed by atoms with Crippen molar-refractivity contribution < 1.29 is 9.59 Å². The van der Waals surface area contributed by atoms with Crippen LogP contribution in [0.3, 0.4) is 0 Å². The predicted molar refractivity (Wildman–Crippen MR) is 116 cm³/mol. The summed E-state index contributed by atoms with van der Waals surface area (Å²) in [7, 11) is 0. The summed E-state index contributed by atoms with van der Waals surface area (Å²) >= 11 is 1.37. The Bertz CT molecular complexity index is 865. The summed E-state index contributed by atoms with van der Waals surface area (Å²) in [5.41, 5.74) is 2.67. The van der Waals surface area contributed by atoms with Crippen molar-refractivity contribution in [2.45, 2.75) is 44.9 Å². The van der Waals surface area contributed by atoms with E-state index < -0.39 is 5.25 Å². The number of rotatable bonds is 6. The fourth-order valence-electron chi connectivity index (χ4n) is 2.91.